The average molecular weight is 247 g/mol. The molecule has 2 aromatic rings. The molecule has 2 N–H and O–H groups in total. The molecule has 1 aliphatic heterocycles. The number of aromatic nitrogens is 2. The van der Waals surface area contributed by atoms with E-state index < -0.39 is 5.79 Å². The normalized spacial score (nSPS) is 22.4. The van der Waals surface area contributed by atoms with E-state index in [-0.39, 0.29) is 6.10 Å². The van der Waals surface area contributed by atoms with Crippen LogP contribution in [0.2, 0.25) is 0 Å². The third-order valence-electron chi connectivity index (χ3n) is 2.95. The van der Waals surface area contributed by atoms with E-state index in [1.165, 1.54) is 0 Å². The molecule has 1 aromatic carbocycles. The lowest BCUT2D eigenvalue weighted by molar-refractivity contribution is -0.136. The van der Waals surface area contributed by atoms with Crippen molar-refractivity contribution in [3.63, 3.8) is 0 Å². The van der Waals surface area contributed by atoms with Gasteiger partial charge in [-0.15, -0.1) is 0 Å². The fourth-order valence-corrected chi connectivity index (χ4v) is 2.11. The molecular weight excluding hydrogens is 230 g/mol. The molecule has 96 valence electrons. The topological polar surface area (TPSA) is 59.2 Å². The van der Waals surface area contributed by atoms with Crippen LogP contribution < -0.4 is 5.32 Å². The summed E-state index contributed by atoms with van der Waals surface area (Å²) in [6, 6.07) is 7.95. The maximum atomic E-state index is 5.72. The highest BCUT2D eigenvalue weighted by atomic mass is 16.7. The van der Waals surface area contributed by atoms with E-state index in [1.54, 1.807) is 0 Å². The van der Waals surface area contributed by atoms with Crippen molar-refractivity contribution in [2.45, 2.75) is 25.7 Å². The maximum Gasteiger partial charge on any atom is 0.201 e. The zero-order valence-electron chi connectivity index (χ0n) is 10.6. The standard InChI is InChI=1S/C13H17N3O2/c1-13(2)17-8-9(18-13)7-14-12-15-10-5-3-4-6-11(10)16-12/h3-6,9H,7-8H2,1-2H3,(H2,14,15,16). The predicted octanol–water partition coefficient (Wildman–Crippen LogP) is 2.13. The van der Waals surface area contributed by atoms with Crippen LogP contribution >= 0.6 is 0 Å². The van der Waals surface area contributed by atoms with Crippen LogP contribution in [-0.2, 0) is 9.47 Å². The molecule has 0 bridgehead atoms. The van der Waals surface area contributed by atoms with E-state index in [0.717, 1.165) is 17.0 Å². The summed E-state index contributed by atoms with van der Waals surface area (Å²) < 4.78 is 11.2. The molecule has 0 amide bonds. The number of benzene rings is 1. The van der Waals surface area contributed by atoms with Gasteiger partial charge in [0, 0.05) is 6.54 Å². The number of hydrogen-bond acceptors (Lipinski definition) is 4. The molecule has 0 radical (unpaired) electrons. The van der Waals surface area contributed by atoms with Gasteiger partial charge in [-0.2, -0.15) is 0 Å². The lowest BCUT2D eigenvalue weighted by Gasteiger charge is -2.17. The zero-order chi connectivity index (χ0) is 12.6. The molecule has 1 fully saturated rings. The van der Waals surface area contributed by atoms with Crippen molar-refractivity contribution in [1.29, 1.82) is 0 Å². The van der Waals surface area contributed by atoms with Crippen molar-refractivity contribution < 1.29 is 9.47 Å². The Hall–Kier alpha value is -1.59. The number of para-hydroxylation sites is 2. The number of aromatic amines is 1. The maximum absolute atomic E-state index is 5.72. The predicted molar refractivity (Wildman–Crippen MR) is 69.5 cm³/mol. The van der Waals surface area contributed by atoms with E-state index in [9.17, 15) is 0 Å². The van der Waals surface area contributed by atoms with Crippen LogP contribution in [0.3, 0.4) is 0 Å². The number of ether oxygens (including phenoxy) is 2. The van der Waals surface area contributed by atoms with Crippen molar-refractivity contribution in [3.05, 3.63) is 24.3 Å². The monoisotopic (exact) mass is 247 g/mol. The highest BCUT2D eigenvalue weighted by molar-refractivity contribution is 5.77. The largest absolute Gasteiger partial charge is 0.353 e. The number of imidazole rings is 1. The molecule has 1 aliphatic rings. The van der Waals surface area contributed by atoms with E-state index >= 15 is 0 Å². The lowest BCUT2D eigenvalue weighted by Crippen LogP contribution is -2.26. The second-order valence-electron chi connectivity index (χ2n) is 4.93. The Balaban J connectivity index is 1.63. The number of anilines is 1. The Bertz CT molecular complexity index is 517. The smallest absolute Gasteiger partial charge is 0.201 e. The van der Waals surface area contributed by atoms with Gasteiger partial charge in [0.2, 0.25) is 5.95 Å². The van der Waals surface area contributed by atoms with Crippen LogP contribution in [-0.4, -0.2) is 35.0 Å². The zero-order valence-corrected chi connectivity index (χ0v) is 10.6. The average Bonchev–Trinajstić information content (AvgIpc) is 2.89. The third kappa shape index (κ3) is 2.32. The van der Waals surface area contributed by atoms with Gasteiger partial charge in [0.05, 0.1) is 17.6 Å². The molecule has 1 unspecified atom stereocenters. The second-order valence-corrected chi connectivity index (χ2v) is 4.93. The molecule has 18 heavy (non-hydrogen) atoms. The summed E-state index contributed by atoms with van der Waals surface area (Å²) in [4.78, 5) is 7.67. The van der Waals surface area contributed by atoms with Crippen molar-refractivity contribution in [1.82, 2.24) is 9.97 Å². The Morgan fingerprint density at radius 1 is 1.44 bits per heavy atom. The number of rotatable bonds is 3. The molecule has 0 saturated carbocycles. The second kappa shape index (κ2) is 4.26. The first-order valence-corrected chi connectivity index (χ1v) is 6.13. The summed E-state index contributed by atoms with van der Waals surface area (Å²) in [5, 5.41) is 3.24. The van der Waals surface area contributed by atoms with Gasteiger partial charge < -0.3 is 19.8 Å². The fraction of sp³-hybridized carbons (Fsp3) is 0.462. The van der Waals surface area contributed by atoms with Crippen LogP contribution in [0.25, 0.3) is 11.0 Å². The SMILES string of the molecule is CC1(C)OCC(CNc2nc3ccccc3[nH]2)O1. The molecule has 5 heteroatoms. The molecule has 1 atom stereocenters. The van der Waals surface area contributed by atoms with Gasteiger partial charge in [-0.05, 0) is 26.0 Å². The number of nitrogens with one attached hydrogen (secondary N) is 2. The first-order valence-electron chi connectivity index (χ1n) is 6.13. The molecule has 3 rings (SSSR count). The Kier molecular flexibility index (Phi) is 2.72. The summed E-state index contributed by atoms with van der Waals surface area (Å²) in [5.74, 6) is 0.296. The molecule has 0 aliphatic carbocycles. The van der Waals surface area contributed by atoms with E-state index in [1.807, 2.05) is 38.1 Å². The first-order chi connectivity index (χ1) is 8.62. The summed E-state index contributed by atoms with van der Waals surface area (Å²) in [6.07, 6.45) is 0.0632. The minimum Gasteiger partial charge on any atom is -0.353 e. The molecule has 2 heterocycles. The summed E-state index contributed by atoms with van der Waals surface area (Å²) in [7, 11) is 0. The van der Waals surface area contributed by atoms with Gasteiger partial charge in [0.25, 0.3) is 0 Å². The van der Waals surface area contributed by atoms with Gasteiger partial charge in [0.15, 0.2) is 5.79 Å². The highest BCUT2D eigenvalue weighted by Crippen LogP contribution is 2.22. The summed E-state index contributed by atoms with van der Waals surface area (Å²) >= 11 is 0. The Labute approximate surface area is 106 Å². The van der Waals surface area contributed by atoms with Crippen LogP contribution in [0.5, 0.6) is 0 Å². The minimum atomic E-state index is -0.472. The van der Waals surface area contributed by atoms with Gasteiger partial charge >= 0.3 is 0 Å². The van der Waals surface area contributed by atoms with Crippen LogP contribution in [0, 0.1) is 0 Å². The van der Waals surface area contributed by atoms with Crippen molar-refractivity contribution in [3.8, 4) is 0 Å². The first kappa shape index (κ1) is 11.5. The number of nitrogens with zero attached hydrogens (tertiary/aromatic N) is 1. The molecule has 1 saturated heterocycles. The minimum absolute atomic E-state index is 0.0632. The van der Waals surface area contributed by atoms with Gasteiger partial charge in [-0.1, -0.05) is 12.1 Å². The van der Waals surface area contributed by atoms with Crippen molar-refractivity contribution in [2.75, 3.05) is 18.5 Å². The molecular formula is C13H17N3O2. The molecule has 0 spiro atoms. The Morgan fingerprint density at radius 2 is 2.28 bits per heavy atom. The van der Waals surface area contributed by atoms with E-state index in [4.69, 9.17) is 9.47 Å². The summed E-state index contributed by atoms with van der Waals surface area (Å²) in [5.41, 5.74) is 1.99. The molecule has 5 nitrogen and oxygen atoms in total. The highest BCUT2D eigenvalue weighted by Gasteiger charge is 2.32. The summed E-state index contributed by atoms with van der Waals surface area (Å²) in [6.45, 7) is 5.14. The van der Waals surface area contributed by atoms with E-state index in [2.05, 4.69) is 15.3 Å². The van der Waals surface area contributed by atoms with Gasteiger partial charge in [0.1, 0.15) is 6.10 Å². The third-order valence-corrected chi connectivity index (χ3v) is 2.95. The van der Waals surface area contributed by atoms with Crippen LogP contribution in [0.15, 0.2) is 24.3 Å². The number of fused-ring (bicyclic) bond motifs is 1. The Morgan fingerprint density at radius 3 is 3.00 bits per heavy atom. The van der Waals surface area contributed by atoms with Crippen LogP contribution in [0.1, 0.15) is 13.8 Å². The van der Waals surface area contributed by atoms with Crippen LogP contribution in [0.4, 0.5) is 5.95 Å². The fourth-order valence-electron chi connectivity index (χ4n) is 2.11. The lowest BCUT2D eigenvalue weighted by atomic mass is 10.3. The van der Waals surface area contributed by atoms with Crippen molar-refractivity contribution >= 4 is 17.0 Å². The van der Waals surface area contributed by atoms with E-state index in [0.29, 0.717) is 13.2 Å². The number of hydrogen-bond donors (Lipinski definition) is 2. The number of H-pyrrole nitrogens is 1. The molecule has 1 aromatic heterocycles. The van der Waals surface area contributed by atoms with Gasteiger partial charge in [-0.3, -0.25) is 0 Å². The van der Waals surface area contributed by atoms with Crippen molar-refractivity contribution in [2.24, 2.45) is 0 Å². The van der Waals surface area contributed by atoms with Gasteiger partial charge in [-0.25, -0.2) is 4.98 Å². The quantitative estimate of drug-likeness (QED) is 0.872.